The molecule has 3 aromatic rings. The SMILES string of the molecule is Cc1ccc2c(=O)c(C(=O)c3ccc(F)cc3)cn(CC(=O)NC3CCCC3)c2n1. The number of carbonyl (C=O) groups is 2. The van der Waals surface area contributed by atoms with Crippen LogP contribution in [-0.4, -0.2) is 27.3 Å². The van der Waals surface area contributed by atoms with Gasteiger partial charge in [0, 0.05) is 23.5 Å². The summed E-state index contributed by atoms with van der Waals surface area (Å²) in [5.41, 5.74) is 0.726. The van der Waals surface area contributed by atoms with Crippen LogP contribution in [0.1, 0.15) is 47.3 Å². The summed E-state index contributed by atoms with van der Waals surface area (Å²) in [5, 5.41) is 3.28. The van der Waals surface area contributed by atoms with Crippen molar-refractivity contribution >= 4 is 22.7 Å². The fraction of sp³-hybridized carbons (Fsp3) is 0.304. The van der Waals surface area contributed by atoms with Gasteiger partial charge >= 0.3 is 0 Å². The first-order chi connectivity index (χ1) is 14.4. The van der Waals surface area contributed by atoms with Crippen molar-refractivity contribution < 1.29 is 14.0 Å². The molecule has 0 bridgehead atoms. The van der Waals surface area contributed by atoms with Gasteiger partial charge in [0.1, 0.15) is 18.0 Å². The smallest absolute Gasteiger partial charge is 0.240 e. The molecule has 0 unspecified atom stereocenters. The molecule has 1 fully saturated rings. The van der Waals surface area contributed by atoms with Gasteiger partial charge in [0.15, 0.2) is 5.78 Å². The first kappa shape index (κ1) is 19.9. The Labute approximate surface area is 172 Å². The van der Waals surface area contributed by atoms with Crippen molar-refractivity contribution in [3.63, 3.8) is 0 Å². The number of rotatable bonds is 5. The molecule has 1 saturated carbocycles. The number of fused-ring (bicyclic) bond motifs is 1. The molecule has 1 aliphatic rings. The molecule has 0 atom stereocenters. The predicted molar refractivity (Wildman–Crippen MR) is 111 cm³/mol. The molecular weight excluding hydrogens is 385 g/mol. The second-order valence-electron chi connectivity index (χ2n) is 7.71. The fourth-order valence-electron chi connectivity index (χ4n) is 3.90. The number of hydrogen-bond acceptors (Lipinski definition) is 4. The molecule has 7 heteroatoms. The lowest BCUT2D eigenvalue weighted by Crippen LogP contribution is -2.35. The maximum atomic E-state index is 13.2. The second kappa shape index (κ2) is 8.18. The minimum Gasteiger partial charge on any atom is -0.352 e. The van der Waals surface area contributed by atoms with Crippen LogP contribution in [0.2, 0.25) is 0 Å². The summed E-state index contributed by atoms with van der Waals surface area (Å²) < 4.78 is 14.8. The Kier molecular flexibility index (Phi) is 5.44. The number of aromatic nitrogens is 2. The van der Waals surface area contributed by atoms with Gasteiger partial charge in [-0.1, -0.05) is 12.8 Å². The monoisotopic (exact) mass is 407 g/mol. The average molecular weight is 407 g/mol. The maximum absolute atomic E-state index is 13.2. The molecule has 0 aliphatic heterocycles. The molecule has 2 aromatic heterocycles. The average Bonchev–Trinajstić information content (AvgIpc) is 3.23. The Morgan fingerprint density at radius 2 is 1.83 bits per heavy atom. The van der Waals surface area contributed by atoms with E-state index in [4.69, 9.17) is 0 Å². The molecule has 0 spiro atoms. The fourth-order valence-corrected chi connectivity index (χ4v) is 3.90. The third kappa shape index (κ3) is 4.01. The Bertz CT molecular complexity index is 1180. The summed E-state index contributed by atoms with van der Waals surface area (Å²) in [7, 11) is 0. The summed E-state index contributed by atoms with van der Waals surface area (Å²) in [4.78, 5) is 43.0. The molecule has 6 nitrogen and oxygen atoms in total. The predicted octanol–water partition coefficient (Wildman–Crippen LogP) is 3.13. The first-order valence-electron chi connectivity index (χ1n) is 10.0. The number of nitrogens with zero attached hydrogens (tertiary/aromatic N) is 2. The van der Waals surface area contributed by atoms with Crippen LogP contribution in [0.15, 0.2) is 47.4 Å². The Hall–Kier alpha value is -3.35. The van der Waals surface area contributed by atoms with E-state index in [1.54, 1.807) is 23.6 Å². The largest absolute Gasteiger partial charge is 0.352 e. The zero-order chi connectivity index (χ0) is 21.3. The van der Waals surface area contributed by atoms with Crippen molar-refractivity contribution in [1.82, 2.24) is 14.9 Å². The lowest BCUT2D eigenvalue weighted by Gasteiger charge is -2.15. The van der Waals surface area contributed by atoms with Crippen LogP contribution in [-0.2, 0) is 11.3 Å². The first-order valence-corrected chi connectivity index (χ1v) is 10.0. The zero-order valence-corrected chi connectivity index (χ0v) is 16.7. The van der Waals surface area contributed by atoms with Crippen molar-refractivity contribution in [2.45, 2.75) is 45.2 Å². The normalized spacial score (nSPS) is 14.2. The Balaban J connectivity index is 1.75. The number of amides is 1. The van der Waals surface area contributed by atoms with Gasteiger partial charge in [-0.15, -0.1) is 0 Å². The van der Waals surface area contributed by atoms with Crippen LogP contribution in [0, 0.1) is 12.7 Å². The Morgan fingerprint density at radius 3 is 2.53 bits per heavy atom. The van der Waals surface area contributed by atoms with Crippen LogP contribution >= 0.6 is 0 Å². The van der Waals surface area contributed by atoms with Crippen molar-refractivity contribution in [1.29, 1.82) is 0 Å². The third-order valence-corrected chi connectivity index (χ3v) is 5.45. The van der Waals surface area contributed by atoms with Gasteiger partial charge in [-0.2, -0.15) is 0 Å². The standard InChI is InChI=1S/C23H22FN3O3/c1-14-6-11-18-22(30)19(21(29)15-7-9-16(24)10-8-15)12-27(23(18)25-14)13-20(28)26-17-4-2-3-5-17/h6-12,17H,2-5,13H2,1H3,(H,26,28). The van der Waals surface area contributed by atoms with E-state index in [-0.39, 0.29) is 35.0 Å². The van der Waals surface area contributed by atoms with Crippen LogP contribution in [0.5, 0.6) is 0 Å². The molecule has 4 rings (SSSR count). The van der Waals surface area contributed by atoms with E-state index in [2.05, 4.69) is 10.3 Å². The minimum atomic E-state index is -0.521. The van der Waals surface area contributed by atoms with Crippen molar-refractivity contribution in [2.24, 2.45) is 0 Å². The molecule has 0 radical (unpaired) electrons. The highest BCUT2D eigenvalue weighted by atomic mass is 19.1. The number of hydrogen-bond donors (Lipinski definition) is 1. The highest BCUT2D eigenvalue weighted by Crippen LogP contribution is 2.18. The van der Waals surface area contributed by atoms with Crippen LogP contribution in [0.25, 0.3) is 11.0 Å². The lowest BCUT2D eigenvalue weighted by atomic mass is 10.0. The number of aryl methyl sites for hydroxylation is 1. The molecule has 1 aromatic carbocycles. The molecule has 1 aliphatic carbocycles. The number of pyridine rings is 2. The van der Waals surface area contributed by atoms with Gasteiger partial charge in [-0.25, -0.2) is 9.37 Å². The van der Waals surface area contributed by atoms with E-state index >= 15 is 0 Å². The van der Waals surface area contributed by atoms with Gasteiger partial charge in [0.25, 0.3) is 0 Å². The summed E-state index contributed by atoms with van der Waals surface area (Å²) in [6.45, 7) is 1.75. The molecule has 1 N–H and O–H groups in total. The molecule has 1 amide bonds. The number of carbonyl (C=O) groups excluding carboxylic acids is 2. The minimum absolute atomic E-state index is 0.0482. The molecule has 0 saturated heterocycles. The molecule has 30 heavy (non-hydrogen) atoms. The van der Waals surface area contributed by atoms with E-state index in [1.807, 2.05) is 0 Å². The number of nitrogens with one attached hydrogen (secondary N) is 1. The zero-order valence-electron chi connectivity index (χ0n) is 16.7. The summed E-state index contributed by atoms with van der Waals surface area (Å²) in [6.07, 6.45) is 5.51. The van der Waals surface area contributed by atoms with E-state index in [1.165, 1.54) is 30.5 Å². The topological polar surface area (TPSA) is 81.1 Å². The number of ketones is 1. The highest BCUT2D eigenvalue weighted by molar-refractivity contribution is 6.10. The molecule has 2 heterocycles. The van der Waals surface area contributed by atoms with Crippen LogP contribution < -0.4 is 10.7 Å². The highest BCUT2D eigenvalue weighted by Gasteiger charge is 2.21. The van der Waals surface area contributed by atoms with Crippen molar-refractivity contribution in [3.05, 3.63) is 75.5 Å². The van der Waals surface area contributed by atoms with Gasteiger partial charge in [-0.3, -0.25) is 14.4 Å². The number of halogens is 1. The van der Waals surface area contributed by atoms with Gasteiger partial charge in [-0.05, 0) is 56.2 Å². The van der Waals surface area contributed by atoms with Crippen molar-refractivity contribution in [3.8, 4) is 0 Å². The third-order valence-electron chi connectivity index (χ3n) is 5.45. The summed E-state index contributed by atoms with van der Waals surface area (Å²) in [5.74, 6) is -1.17. The van der Waals surface area contributed by atoms with Crippen LogP contribution in [0.4, 0.5) is 4.39 Å². The molecular formula is C23H22FN3O3. The quantitative estimate of drug-likeness (QED) is 0.659. The Morgan fingerprint density at radius 1 is 1.13 bits per heavy atom. The maximum Gasteiger partial charge on any atom is 0.240 e. The van der Waals surface area contributed by atoms with E-state index in [0.717, 1.165) is 25.7 Å². The van der Waals surface area contributed by atoms with E-state index in [0.29, 0.717) is 11.3 Å². The van der Waals surface area contributed by atoms with Crippen LogP contribution in [0.3, 0.4) is 0 Å². The van der Waals surface area contributed by atoms with Gasteiger partial charge in [0.2, 0.25) is 11.3 Å². The molecule has 154 valence electrons. The van der Waals surface area contributed by atoms with E-state index in [9.17, 15) is 18.8 Å². The summed E-state index contributed by atoms with van der Waals surface area (Å²) >= 11 is 0. The number of benzene rings is 1. The van der Waals surface area contributed by atoms with Crippen molar-refractivity contribution in [2.75, 3.05) is 0 Å². The van der Waals surface area contributed by atoms with Gasteiger partial charge < -0.3 is 9.88 Å². The van der Waals surface area contributed by atoms with E-state index < -0.39 is 17.0 Å². The summed E-state index contributed by atoms with van der Waals surface area (Å²) in [6, 6.07) is 8.50. The second-order valence-corrected chi connectivity index (χ2v) is 7.71. The lowest BCUT2D eigenvalue weighted by molar-refractivity contribution is -0.122. The van der Waals surface area contributed by atoms with Gasteiger partial charge in [0.05, 0.1) is 10.9 Å².